The highest BCUT2D eigenvalue weighted by molar-refractivity contribution is 7.89. The van der Waals surface area contributed by atoms with Gasteiger partial charge >= 0.3 is 0 Å². The molecule has 0 atom stereocenters. The maximum atomic E-state index is 13.0. The Kier molecular flexibility index (Phi) is 7.54. The van der Waals surface area contributed by atoms with E-state index in [9.17, 15) is 18.0 Å². The number of rotatable bonds is 10. The fourth-order valence-electron chi connectivity index (χ4n) is 3.53. The van der Waals surface area contributed by atoms with Crippen LogP contribution in [0.3, 0.4) is 0 Å². The predicted molar refractivity (Wildman–Crippen MR) is 143 cm³/mol. The summed E-state index contributed by atoms with van der Waals surface area (Å²) in [5, 5.41) is 3.08. The van der Waals surface area contributed by atoms with Crippen LogP contribution in [0.15, 0.2) is 103 Å². The highest BCUT2D eigenvalue weighted by atomic mass is 32.2. The second-order valence-corrected chi connectivity index (χ2v) is 10.7. The molecule has 0 bridgehead atoms. The molecular weight excluding hydrogens is 494 g/mol. The Morgan fingerprint density at radius 3 is 2.14 bits per heavy atom. The van der Waals surface area contributed by atoms with Gasteiger partial charge in [0.2, 0.25) is 10.0 Å². The number of ketones is 1. The lowest BCUT2D eigenvalue weighted by molar-refractivity contribution is 0.102. The summed E-state index contributed by atoms with van der Waals surface area (Å²) in [4.78, 5) is 29.8. The lowest BCUT2D eigenvalue weighted by Crippen LogP contribution is -2.31. The highest BCUT2D eigenvalue weighted by Gasteiger charge is 2.23. The second-order valence-electron chi connectivity index (χ2n) is 7.77. The van der Waals surface area contributed by atoms with Gasteiger partial charge in [0.1, 0.15) is 0 Å². The van der Waals surface area contributed by atoms with Crippen LogP contribution in [-0.4, -0.2) is 42.5 Å². The van der Waals surface area contributed by atoms with Crippen molar-refractivity contribution >= 4 is 48.4 Å². The first-order valence-electron chi connectivity index (χ1n) is 11.0. The minimum atomic E-state index is -3.75. The van der Waals surface area contributed by atoms with Crippen molar-refractivity contribution in [3.63, 3.8) is 0 Å². The van der Waals surface area contributed by atoms with Gasteiger partial charge in [-0.25, -0.2) is 13.4 Å². The van der Waals surface area contributed by atoms with E-state index in [1.54, 1.807) is 60.7 Å². The summed E-state index contributed by atoms with van der Waals surface area (Å²) >= 11 is 1.17. The Morgan fingerprint density at radius 1 is 0.889 bits per heavy atom. The predicted octanol–water partition coefficient (Wildman–Crippen LogP) is 5.14. The van der Waals surface area contributed by atoms with Crippen LogP contribution in [0.5, 0.6) is 0 Å². The summed E-state index contributed by atoms with van der Waals surface area (Å²) < 4.78 is 27.9. The zero-order valence-corrected chi connectivity index (χ0v) is 20.9. The van der Waals surface area contributed by atoms with Crippen molar-refractivity contribution in [1.82, 2.24) is 9.29 Å². The van der Waals surface area contributed by atoms with Crippen LogP contribution >= 0.6 is 11.3 Å². The molecule has 1 aromatic heterocycles. The van der Waals surface area contributed by atoms with Gasteiger partial charge in [0.15, 0.2) is 10.9 Å². The Bertz CT molecular complexity index is 1530. The van der Waals surface area contributed by atoms with Crippen molar-refractivity contribution in [2.45, 2.75) is 4.90 Å². The first kappa shape index (κ1) is 25.2. The molecule has 0 aliphatic carbocycles. The summed E-state index contributed by atoms with van der Waals surface area (Å²) in [5.74, 6) is -0.511. The van der Waals surface area contributed by atoms with E-state index in [1.807, 2.05) is 6.07 Å². The molecule has 0 aliphatic heterocycles. The quantitative estimate of drug-likeness (QED) is 0.232. The lowest BCUT2D eigenvalue weighted by Gasteiger charge is -2.18. The number of hydrogen-bond acceptors (Lipinski definition) is 6. The van der Waals surface area contributed by atoms with E-state index in [0.29, 0.717) is 32.0 Å². The van der Waals surface area contributed by atoms with E-state index in [2.05, 4.69) is 23.5 Å². The summed E-state index contributed by atoms with van der Waals surface area (Å²) in [7, 11) is -3.75. The monoisotopic (exact) mass is 517 g/mol. The smallest absolute Gasteiger partial charge is 0.257 e. The van der Waals surface area contributed by atoms with Gasteiger partial charge in [-0.2, -0.15) is 4.31 Å². The standard InChI is InChI=1S/C27H23N3O4S2/c1-3-16-30(17-4-2)36(33,34)22-14-15-23-24(18-22)35-27(28-23)29-26(32)21-12-10-20(11-13-21)25(31)19-8-6-5-7-9-19/h3-15,18H,1-2,16-17H2,(H,28,29,32). The molecule has 1 N–H and O–H groups in total. The molecule has 0 saturated carbocycles. The minimum Gasteiger partial charge on any atom is -0.298 e. The normalized spacial score (nSPS) is 11.4. The number of sulfonamides is 1. The van der Waals surface area contributed by atoms with Gasteiger partial charge < -0.3 is 0 Å². The van der Waals surface area contributed by atoms with Gasteiger partial charge in [0, 0.05) is 29.8 Å². The molecule has 9 heteroatoms. The van der Waals surface area contributed by atoms with Crippen molar-refractivity contribution in [2.75, 3.05) is 18.4 Å². The fourth-order valence-corrected chi connectivity index (χ4v) is 5.91. The largest absolute Gasteiger partial charge is 0.298 e. The third-order valence-electron chi connectivity index (χ3n) is 5.33. The Balaban J connectivity index is 1.51. The summed E-state index contributed by atoms with van der Waals surface area (Å²) in [5.41, 5.74) is 1.99. The number of amides is 1. The molecule has 3 aromatic carbocycles. The van der Waals surface area contributed by atoms with Gasteiger partial charge in [-0.15, -0.1) is 13.2 Å². The van der Waals surface area contributed by atoms with Crippen LogP contribution in [-0.2, 0) is 10.0 Å². The number of fused-ring (bicyclic) bond motifs is 1. The van der Waals surface area contributed by atoms with Crippen LogP contribution in [0.4, 0.5) is 5.13 Å². The van der Waals surface area contributed by atoms with Crippen molar-refractivity contribution in [3.8, 4) is 0 Å². The van der Waals surface area contributed by atoms with E-state index in [1.165, 1.54) is 33.9 Å². The van der Waals surface area contributed by atoms with Crippen molar-refractivity contribution in [3.05, 3.63) is 115 Å². The number of thiazole rings is 1. The summed E-state index contributed by atoms with van der Waals surface area (Å²) in [6, 6.07) is 19.9. The van der Waals surface area contributed by atoms with Gasteiger partial charge in [-0.1, -0.05) is 66.0 Å². The van der Waals surface area contributed by atoms with E-state index < -0.39 is 10.0 Å². The number of nitrogens with one attached hydrogen (secondary N) is 1. The Hall–Kier alpha value is -3.92. The number of benzene rings is 3. The molecule has 4 aromatic rings. The van der Waals surface area contributed by atoms with Gasteiger partial charge in [-0.05, 0) is 30.3 Å². The molecule has 182 valence electrons. The Labute approximate surface area is 213 Å². The highest BCUT2D eigenvalue weighted by Crippen LogP contribution is 2.29. The Morgan fingerprint density at radius 2 is 1.50 bits per heavy atom. The molecule has 0 aliphatic rings. The first-order chi connectivity index (χ1) is 17.3. The van der Waals surface area contributed by atoms with Crippen LogP contribution < -0.4 is 5.32 Å². The molecule has 7 nitrogen and oxygen atoms in total. The average Bonchev–Trinajstić information content (AvgIpc) is 3.30. The van der Waals surface area contributed by atoms with Crippen LogP contribution in [0.2, 0.25) is 0 Å². The SMILES string of the molecule is C=CCN(CC=C)S(=O)(=O)c1ccc2nc(NC(=O)c3ccc(C(=O)c4ccccc4)cc3)sc2c1. The summed E-state index contributed by atoms with van der Waals surface area (Å²) in [6.07, 6.45) is 3.04. The number of hydrogen-bond donors (Lipinski definition) is 1. The van der Waals surface area contributed by atoms with E-state index >= 15 is 0 Å². The molecule has 0 fully saturated rings. The van der Waals surface area contributed by atoms with Crippen LogP contribution in [0.1, 0.15) is 26.3 Å². The third kappa shape index (κ3) is 5.33. The lowest BCUT2D eigenvalue weighted by atomic mass is 10.0. The zero-order valence-electron chi connectivity index (χ0n) is 19.3. The summed E-state index contributed by atoms with van der Waals surface area (Å²) in [6.45, 7) is 7.55. The van der Waals surface area contributed by atoms with E-state index in [-0.39, 0.29) is 29.7 Å². The van der Waals surface area contributed by atoms with E-state index in [0.717, 1.165) is 0 Å². The number of carbonyl (C=O) groups excluding carboxylic acids is 2. The molecule has 0 unspecified atom stereocenters. The minimum absolute atomic E-state index is 0.124. The topological polar surface area (TPSA) is 96.4 Å². The molecule has 0 saturated heterocycles. The number of carbonyl (C=O) groups is 2. The first-order valence-corrected chi connectivity index (χ1v) is 13.2. The van der Waals surface area contributed by atoms with Crippen molar-refractivity contribution < 1.29 is 18.0 Å². The maximum absolute atomic E-state index is 13.0. The fraction of sp³-hybridized carbons (Fsp3) is 0.0741. The van der Waals surface area contributed by atoms with Crippen LogP contribution in [0, 0.1) is 0 Å². The molecule has 1 amide bonds. The third-order valence-corrected chi connectivity index (χ3v) is 8.09. The second kappa shape index (κ2) is 10.8. The van der Waals surface area contributed by atoms with Crippen molar-refractivity contribution in [2.24, 2.45) is 0 Å². The number of anilines is 1. The molecular formula is C27H23N3O4S2. The zero-order chi connectivity index (χ0) is 25.7. The van der Waals surface area contributed by atoms with Gasteiger partial charge in [0.25, 0.3) is 5.91 Å². The number of aromatic nitrogens is 1. The molecule has 36 heavy (non-hydrogen) atoms. The average molecular weight is 518 g/mol. The molecule has 0 spiro atoms. The van der Waals surface area contributed by atoms with E-state index in [4.69, 9.17) is 0 Å². The van der Waals surface area contributed by atoms with Gasteiger partial charge in [0.05, 0.1) is 15.1 Å². The van der Waals surface area contributed by atoms with Gasteiger partial charge in [-0.3, -0.25) is 14.9 Å². The molecule has 1 heterocycles. The molecule has 0 radical (unpaired) electrons. The number of nitrogens with zero attached hydrogens (tertiary/aromatic N) is 2. The molecule has 4 rings (SSSR count). The van der Waals surface area contributed by atoms with Crippen LogP contribution in [0.25, 0.3) is 10.2 Å². The maximum Gasteiger partial charge on any atom is 0.257 e. The van der Waals surface area contributed by atoms with Crippen molar-refractivity contribution in [1.29, 1.82) is 0 Å².